The van der Waals surface area contributed by atoms with Crippen LogP contribution in [-0.4, -0.2) is 17.4 Å². The van der Waals surface area contributed by atoms with Crippen molar-refractivity contribution in [2.24, 2.45) is 0 Å². The largest absolute Gasteiger partial charge is 0.376 e. The first-order chi connectivity index (χ1) is 9.25. The number of hydrogen-bond donors (Lipinski definition) is 2. The predicted octanol–water partition coefficient (Wildman–Crippen LogP) is 2.37. The van der Waals surface area contributed by atoms with Gasteiger partial charge >= 0.3 is 0 Å². The fourth-order valence-electron chi connectivity index (χ4n) is 1.75. The lowest BCUT2D eigenvalue weighted by Crippen LogP contribution is -2.32. The van der Waals surface area contributed by atoms with Gasteiger partial charge in [-0.25, -0.2) is 0 Å². The number of anilines is 1. The number of rotatable bonds is 5. The summed E-state index contributed by atoms with van der Waals surface area (Å²) in [5, 5.41) is 6.00. The summed E-state index contributed by atoms with van der Waals surface area (Å²) in [6.07, 6.45) is 3.48. The molecule has 0 bridgehead atoms. The highest BCUT2D eigenvalue weighted by atomic mass is 16.1. The number of nitrogens with one attached hydrogen (secondary N) is 2. The minimum atomic E-state index is -0.0428. The van der Waals surface area contributed by atoms with Gasteiger partial charge in [-0.1, -0.05) is 24.3 Å². The molecule has 4 heteroatoms. The quantitative estimate of drug-likeness (QED) is 0.862. The number of hydrogen-bond acceptors (Lipinski definition) is 3. The van der Waals surface area contributed by atoms with Crippen LogP contribution in [0.15, 0.2) is 54.9 Å². The SMILES string of the molecule is C[C@@H](NC(=O)CNc1ccccc1)c1cccnc1. The van der Waals surface area contributed by atoms with Crippen LogP contribution in [0.3, 0.4) is 0 Å². The first-order valence-corrected chi connectivity index (χ1v) is 6.24. The van der Waals surface area contributed by atoms with Crippen LogP contribution in [0.5, 0.6) is 0 Å². The van der Waals surface area contributed by atoms with Gasteiger partial charge < -0.3 is 10.6 Å². The second kappa shape index (κ2) is 6.54. The zero-order valence-electron chi connectivity index (χ0n) is 10.8. The Morgan fingerprint density at radius 2 is 2.00 bits per heavy atom. The molecule has 1 heterocycles. The van der Waals surface area contributed by atoms with Crippen LogP contribution in [-0.2, 0) is 4.79 Å². The summed E-state index contributed by atoms with van der Waals surface area (Å²) in [5.74, 6) is -0.0415. The van der Waals surface area contributed by atoms with Gasteiger partial charge in [-0.05, 0) is 30.7 Å². The van der Waals surface area contributed by atoms with Gasteiger partial charge in [-0.15, -0.1) is 0 Å². The van der Waals surface area contributed by atoms with Gasteiger partial charge in [0.2, 0.25) is 5.91 Å². The summed E-state index contributed by atoms with van der Waals surface area (Å²) in [4.78, 5) is 15.8. The van der Waals surface area contributed by atoms with E-state index in [0.29, 0.717) is 0 Å². The van der Waals surface area contributed by atoms with Crippen LogP contribution in [0, 0.1) is 0 Å². The van der Waals surface area contributed by atoms with E-state index in [0.717, 1.165) is 11.3 Å². The minimum Gasteiger partial charge on any atom is -0.376 e. The molecule has 0 aliphatic carbocycles. The Kier molecular flexibility index (Phi) is 4.50. The Hall–Kier alpha value is -2.36. The summed E-state index contributed by atoms with van der Waals surface area (Å²) in [7, 11) is 0. The molecule has 2 aromatic rings. The molecule has 98 valence electrons. The van der Waals surface area contributed by atoms with E-state index in [1.807, 2.05) is 49.4 Å². The highest BCUT2D eigenvalue weighted by Gasteiger charge is 2.08. The molecular weight excluding hydrogens is 238 g/mol. The van der Waals surface area contributed by atoms with Crippen molar-refractivity contribution in [2.45, 2.75) is 13.0 Å². The van der Waals surface area contributed by atoms with Crippen LogP contribution in [0.1, 0.15) is 18.5 Å². The third-order valence-electron chi connectivity index (χ3n) is 2.79. The van der Waals surface area contributed by atoms with Crippen LogP contribution < -0.4 is 10.6 Å². The minimum absolute atomic E-state index is 0.0415. The lowest BCUT2D eigenvalue weighted by molar-refractivity contribution is -0.120. The third kappa shape index (κ3) is 4.10. The fourth-order valence-corrected chi connectivity index (χ4v) is 1.75. The molecule has 19 heavy (non-hydrogen) atoms. The lowest BCUT2D eigenvalue weighted by atomic mass is 10.1. The van der Waals surface area contributed by atoms with Crippen molar-refractivity contribution in [3.05, 3.63) is 60.4 Å². The first-order valence-electron chi connectivity index (χ1n) is 6.24. The second-order valence-corrected chi connectivity index (χ2v) is 4.30. The highest BCUT2D eigenvalue weighted by molar-refractivity contribution is 5.81. The van der Waals surface area contributed by atoms with Gasteiger partial charge in [0.25, 0.3) is 0 Å². The van der Waals surface area contributed by atoms with E-state index in [1.165, 1.54) is 0 Å². The molecule has 0 unspecified atom stereocenters. The number of nitrogens with zero attached hydrogens (tertiary/aromatic N) is 1. The third-order valence-corrected chi connectivity index (χ3v) is 2.79. The zero-order valence-corrected chi connectivity index (χ0v) is 10.8. The molecule has 0 spiro atoms. The predicted molar refractivity (Wildman–Crippen MR) is 75.7 cm³/mol. The molecule has 4 nitrogen and oxygen atoms in total. The summed E-state index contributed by atoms with van der Waals surface area (Å²) in [5.41, 5.74) is 1.93. The standard InChI is InChI=1S/C15H17N3O/c1-12(13-6-5-9-16-10-13)18-15(19)11-17-14-7-3-2-4-8-14/h2-10,12,17H,11H2,1H3,(H,18,19)/t12-/m1/s1. The molecule has 1 amide bonds. The van der Waals surface area contributed by atoms with E-state index in [2.05, 4.69) is 15.6 Å². The number of amides is 1. The smallest absolute Gasteiger partial charge is 0.239 e. The number of pyridine rings is 1. The monoisotopic (exact) mass is 255 g/mol. The van der Waals surface area contributed by atoms with Gasteiger partial charge in [0.1, 0.15) is 0 Å². The number of aromatic nitrogens is 1. The van der Waals surface area contributed by atoms with Crippen molar-refractivity contribution in [1.82, 2.24) is 10.3 Å². The summed E-state index contributed by atoms with van der Waals surface area (Å²) in [6.45, 7) is 2.20. The molecular formula is C15H17N3O. The Balaban J connectivity index is 1.82. The van der Waals surface area contributed by atoms with Crippen LogP contribution in [0.2, 0.25) is 0 Å². The topological polar surface area (TPSA) is 54.0 Å². The Labute approximate surface area is 112 Å². The Morgan fingerprint density at radius 1 is 1.21 bits per heavy atom. The van der Waals surface area contributed by atoms with Crippen molar-refractivity contribution in [1.29, 1.82) is 0 Å². The van der Waals surface area contributed by atoms with E-state index in [4.69, 9.17) is 0 Å². The average Bonchev–Trinajstić information content (AvgIpc) is 2.47. The van der Waals surface area contributed by atoms with Crippen molar-refractivity contribution in [3.8, 4) is 0 Å². The van der Waals surface area contributed by atoms with Crippen molar-refractivity contribution < 1.29 is 4.79 Å². The van der Waals surface area contributed by atoms with Crippen LogP contribution in [0.4, 0.5) is 5.69 Å². The summed E-state index contributed by atoms with van der Waals surface area (Å²) < 4.78 is 0. The number of carbonyl (C=O) groups is 1. The molecule has 0 fully saturated rings. The Bertz CT molecular complexity index is 513. The maximum absolute atomic E-state index is 11.8. The van der Waals surface area contributed by atoms with Crippen LogP contribution in [0.25, 0.3) is 0 Å². The van der Waals surface area contributed by atoms with Gasteiger partial charge in [0.05, 0.1) is 12.6 Å². The van der Waals surface area contributed by atoms with Crippen LogP contribution >= 0.6 is 0 Å². The number of benzene rings is 1. The first kappa shape index (κ1) is 13.1. The van der Waals surface area contributed by atoms with Crippen molar-refractivity contribution in [2.75, 3.05) is 11.9 Å². The highest BCUT2D eigenvalue weighted by Crippen LogP contribution is 2.09. The van der Waals surface area contributed by atoms with Gasteiger partial charge in [0.15, 0.2) is 0 Å². The van der Waals surface area contributed by atoms with E-state index >= 15 is 0 Å². The molecule has 0 radical (unpaired) electrons. The summed E-state index contributed by atoms with van der Waals surface area (Å²) in [6, 6.07) is 13.4. The molecule has 0 aliphatic rings. The Morgan fingerprint density at radius 3 is 2.68 bits per heavy atom. The summed E-state index contributed by atoms with van der Waals surface area (Å²) >= 11 is 0. The van der Waals surface area contributed by atoms with E-state index in [9.17, 15) is 4.79 Å². The van der Waals surface area contributed by atoms with Crippen molar-refractivity contribution in [3.63, 3.8) is 0 Å². The number of para-hydroxylation sites is 1. The van der Waals surface area contributed by atoms with E-state index in [-0.39, 0.29) is 18.5 Å². The normalized spacial score (nSPS) is 11.6. The molecule has 1 aromatic heterocycles. The van der Waals surface area contributed by atoms with Crippen molar-refractivity contribution >= 4 is 11.6 Å². The molecule has 2 rings (SSSR count). The maximum Gasteiger partial charge on any atom is 0.239 e. The van der Waals surface area contributed by atoms with Gasteiger partial charge in [-0.3, -0.25) is 9.78 Å². The fraction of sp³-hybridized carbons (Fsp3) is 0.200. The molecule has 0 saturated carbocycles. The van der Waals surface area contributed by atoms with E-state index in [1.54, 1.807) is 12.4 Å². The molecule has 0 aliphatic heterocycles. The zero-order chi connectivity index (χ0) is 13.5. The average molecular weight is 255 g/mol. The van der Waals surface area contributed by atoms with Gasteiger partial charge in [0, 0.05) is 18.1 Å². The molecule has 0 saturated heterocycles. The maximum atomic E-state index is 11.8. The number of carbonyl (C=O) groups excluding carboxylic acids is 1. The van der Waals surface area contributed by atoms with Gasteiger partial charge in [-0.2, -0.15) is 0 Å². The van der Waals surface area contributed by atoms with E-state index < -0.39 is 0 Å². The lowest BCUT2D eigenvalue weighted by Gasteiger charge is -2.14. The molecule has 1 atom stereocenters. The molecule has 1 aromatic carbocycles. The second-order valence-electron chi connectivity index (χ2n) is 4.30. The molecule has 2 N–H and O–H groups in total.